The number of anilines is 1. The van der Waals surface area contributed by atoms with Crippen molar-refractivity contribution in [3.8, 4) is 0 Å². The predicted octanol–water partition coefficient (Wildman–Crippen LogP) is 0.203. The van der Waals surface area contributed by atoms with Gasteiger partial charge in [0.15, 0.2) is 0 Å². The molecule has 0 saturated carbocycles. The summed E-state index contributed by atoms with van der Waals surface area (Å²) in [7, 11) is -2.73. The number of pyridine rings is 1. The maximum absolute atomic E-state index is 12.8. The second-order valence-electron chi connectivity index (χ2n) is 6.89. The van der Waals surface area contributed by atoms with Gasteiger partial charge in [0.1, 0.15) is 6.54 Å². The standard InChI is InChI=1S/C19H20N4O9S/c1-31-19(26)13-9-16(23(27)28)18(25)21(11-13)12-17(24)20-14-3-2-4-15(10-14)33(29,30)22-5-7-32-8-6-22/h2-4,9-11H,5-8,12H2,1H3,(H,20,24). The molecule has 2 heterocycles. The second-order valence-corrected chi connectivity index (χ2v) is 8.83. The second kappa shape index (κ2) is 9.89. The molecule has 13 nitrogen and oxygen atoms in total. The third kappa shape index (κ3) is 5.42. The van der Waals surface area contributed by atoms with Crippen LogP contribution in [0.3, 0.4) is 0 Å². The lowest BCUT2D eigenvalue weighted by Crippen LogP contribution is -2.40. The molecule has 0 spiro atoms. The molecule has 1 saturated heterocycles. The average Bonchev–Trinajstić information content (AvgIpc) is 2.80. The molecule has 1 aliphatic rings. The van der Waals surface area contributed by atoms with Crippen LogP contribution in [-0.4, -0.2) is 67.5 Å². The monoisotopic (exact) mass is 480 g/mol. The summed E-state index contributed by atoms with van der Waals surface area (Å²) in [4.78, 5) is 46.7. The molecule has 2 aromatic rings. The summed E-state index contributed by atoms with van der Waals surface area (Å²) in [6.07, 6.45) is 0.972. The zero-order chi connectivity index (χ0) is 24.2. The number of rotatable bonds is 7. The van der Waals surface area contributed by atoms with Gasteiger partial charge in [0, 0.05) is 31.0 Å². The van der Waals surface area contributed by atoms with Crippen molar-refractivity contribution < 1.29 is 32.4 Å². The van der Waals surface area contributed by atoms with Crippen LogP contribution in [0.15, 0.2) is 46.2 Å². The normalized spacial score (nSPS) is 14.5. The SMILES string of the molecule is COC(=O)c1cc([N+](=O)[O-])c(=O)n(CC(=O)Nc2cccc(S(=O)(=O)N3CCOCC3)c2)c1. The van der Waals surface area contributed by atoms with Crippen molar-refractivity contribution in [2.75, 3.05) is 38.7 Å². The summed E-state index contributed by atoms with van der Waals surface area (Å²) in [5.74, 6) is -1.69. The molecule has 1 N–H and O–H groups in total. The Balaban J connectivity index is 1.82. The van der Waals surface area contributed by atoms with E-state index in [4.69, 9.17) is 4.74 Å². The van der Waals surface area contributed by atoms with Gasteiger partial charge in [0.2, 0.25) is 15.9 Å². The molecular weight excluding hydrogens is 460 g/mol. The van der Waals surface area contributed by atoms with E-state index in [1.54, 1.807) is 0 Å². The highest BCUT2D eigenvalue weighted by Gasteiger charge is 2.27. The lowest BCUT2D eigenvalue weighted by molar-refractivity contribution is -0.386. The van der Waals surface area contributed by atoms with Crippen LogP contribution in [0.25, 0.3) is 0 Å². The minimum Gasteiger partial charge on any atom is -0.465 e. The van der Waals surface area contributed by atoms with Crippen molar-refractivity contribution in [3.63, 3.8) is 0 Å². The quantitative estimate of drug-likeness (QED) is 0.331. The summed E-state index contributed by atoms with van der Waals surface area (Å²) < 4.78 is 37.2. The molecule has 1 aromatic carbocycles. The summed E-state index contributed by atoms with van der Waals surface area (Å²) >= 11 is 0. The third-order valence-corrected chi connectivity index (χ3v) is 6.62. The van der Waals surface area contributed by atoms with Crippen LogP contribution in [0.4, 0.5) is 11.4 Å². The number of ether oxygens (including phenoxy) is 2. The van der Waals surface area contributed by atoms with Gasteiger partial charge in [-0.2, -0.15) is 4.31 Å². The predicted molar refractivity (Wildman–Crippen MR) is 113 cm³/mol. The number of carbonyl (C=O) groups excluding carboxylic acids is 2. The number of amides is 1. The maximum atomic E-state index is 12.8. The van der Waals surface area contributed by atoms with E-state index < -0.39 is 44.6 Å². The number of aromatic nitrogens is 1. The van der Waals surface area contributed by atoms with Gasteiger partial charge in [-0.15, -0.1) is 0 Å². The zero-order valence-electron chi connectivity index (χ0n) is 17.4. The number of nitrogens with zero attached hydrogens (tertiary/aromatic N) is 3. The van der Waals surface area contributed by atoms with Gasteiger partial charge in [-0.3, -0.25) is 24.3 Å². The molecule has 1 amide bonds. The van der Waals surface area contributed by atoms with Gasteiger partial charge in [0.05, 0.1) is 35.7 Å². The molecule has 3 rings (SSSR count). The van der Waals surface area contributed by atoms with Crippen LogP contribution in [0, 0.1) is 10.1 Å². The Morgan fingerprint density at radius 3 is 2.58 bits per heavy atom. The molecule has 1 aromatic heterocycles. The highest BCUT2D eigenvalue weighted by molar-refractivity contribution is 7.89. The largest absolute Gasteiger partial charge is 0.465 e. The smallest absolute Gasteiger partial charge is 0.339 e. The van der Waals surface area contributed by atoms with Crippen LogP contribution in [0.1, 0.15) is 10.4 Å². The number of morpholine rings is 1. The van der Waals surface area contributed by atoms with E-state index in [2.05, 4.69) is 10.1 Å². The number of methoxy groups -OCH3 is 1. The average molecular weight is 480 g/mol. The Morgan fingerprint density at radius 1 is 1.24 bits per heavy atom. The number of hydrogen-bond donors (Lipinski definition) is 1. The van der Waals surface area contributed by atoms with Crippen LogP contribution >= 0.6 is 0 Å². The van der Waals surface area contributed by atoms with E-state index in [0.717, 1.165) is 19.4 Å². The minimum absolute atomic E-state index is 0.0392. The Labute approximate surface area is 187 Å². The van der Waals surface area contributed by atoms with Crippen LogP contribution in [-0.2, 0) is 30.8 Å². The number of nitro groups is 1. The fourth-order valence-corrected chi connectivity index (χ4v) is 4.58. The van der Waals surface area contributed by atoms with E-state index in [1.165, 1.54) is 28.6 Å². The van der Waals surface area contributed by atoms with Gasteiger partial charge in [-0.1, -0.05) is 6.07 Å². The van der Waals surface area contributed by atoms with Gasteiger partial charge >= 0.3 is 17.2 Å². The van der Waals surface area contributed by atoms with Gasteiger partial charge < -0.3 is 14.8 Å². The number of sulfonamides is 1. The molecule has 0 aliphatic carbocycles. The molecular formula is C19H20N4O9S. The van der Waals surface area contributed by atoms with Crippen molar-refractivity contribution in [3.05, 3.63) is 62.6 Å². The molecule has 176 valence electrons. The Hall–Kier alpha value is -3.62. The Morgan fingerprint density at radius 2 is 1.94 bits per heavy atom. The van der Waals surface area contributed by atoms with E-state index in [-0.39, 0.29) is 42.4 Å². The molecule has 0 unspecified atom stereocenters. The van der Waals surface area contributed by atoms with Gasteiger partial charge in [-0.05, 0) is 18.2 Å². The molecule has 0 atom stereocenters. The zero-order valence-corrected chi connectivity index (χ0v) is 18.2. The molecule has 0 bridgehead atoms. The van der Waals surface area contributed by atoms with E-state index >= 15 is 0 Å². The minimum atomic E-state index is -3.80. The highest BCUT2D eigenvalue weighted by Crippen LogP contribution is 2.20. The van der Waals surface area contributed by atoms with Crippen LogP contribution < -0.4 is 10.9 Å². The molecule has 1 aliphatic heterocycles. The summed E-state index contributed by atoms with van der Waals surface area (Å²) in [5, 5.41) is 13.6. The van der Waals surface area contributed by atoms with E-state index in [9.17, 15) is 32.9 Å². The first-order chi connectivity index (χ1) is 15.6. The summed E-state index contributed by atoms with van der Waals surface area (Å²) in [6.45, 7) is 0.307. The van der Waals surface area contributed by atoms with E-state index in [1.807, 2.05) is 0 Å². The summed E-state index contributed by atoms with van der Waals surface area (Å²) in [6, 6.07) is 6.31. The first-order valence-corrected chi connectivity index (χ1v) is 11.0. The van der Waals surface area contributed by atoms with Crippen molar-refractivity contribution in [1.29, 1.82) is 0 Å². The van der Waals surface area contributed by atoms with Crippen molar-refractivity contribution in [1.82, 2.24) is 8.87 Å². The van der Waals surface area contributed by atoms with Crippen molar-refractivity contribution in [2.45, 2.75) is 11.4 Å². The Kier molecular flexibility index (Phi) is 7.20. The fourth-order valence-electron chi connectivity index (χ4n) is 3.12. The topological polar surface area (TPSA) is 167 Å². The lowest BCUT2D eigenvalue weighted by atomic mass is 10.2. The van der Waals surface area contributed by atoms with Crippen LogP contribution in [0.2, 0.25) is 0 Å². The van der Waals surface area contributed by atoms with Gasteiger partial charge in [-0.25, -0.2) is 13.2 Å². The van der Waals surface area contributed by atoms with Crippen molar-refractivity contribution >= 4 is 33.3 Å². The first kappa shape index (κ1) is 24.0. The molecule has 14 heteroatoms. The van der Waals surface area contributed by atoms with E-state index in [0.29, 0.717) is 4.57 Å². The van der Waals surface area contributed by atoms with Crippen LogP contribution in [0.5, 0.6) is 0 Å². The molecule has 0 radical (unpaired) electrons. The number of hydrogen-bond acceptors (Lipinski definition) is 9. The lowest BCUT2D eigenvalue weighted by Gasteiger charge is -2.26. The first-order valence-electron chi connectivity index (χ1n) is 9.58. The Bertz CT molecular complexity index is 1250. The number of benzene rings is 1. The number of carbonyl (C=O) groups is 2. The molecule has 1 fully saturated rings. The third-order valence-electron chi connectivity index (χ3n) is 4.72. The highest BCUT2D eigenvalue weighted by atomic mass is 32.2. The van der Waals surface area contributed by atoms with Crippen molar-refractivity contribution in [2.24, 2.45) is 0 Å². The van der Waals surface area contributed by atoms with Gasteiger partial charge in [0.25, 0.3) is 0 Å². The number of esters is 1. The fraction of sp³-hybridized carbons (Fsp3) is 0.316. The molecule has 33 heavy (non-hydrogen) atoms. The number of nitrogens with one attached hydrogen (secondary N) is 1. The maximum Gasteiger partial charge on any atom is 0.339 e. The summed E-state index contributed by atoms with van der Waals surface area (Å²) in [5.41, 5.74) is -2.13.